The molecule has 8 heteroatoms. The molecule has 4 aromatic rings. The number of fused-ring (bicyclic) bond motifs is 1. The van der Waals surface area contributed by atoms with E-state index in [1.165, 1.54) is 17.7 Å². The van der Waals surface area contributed by atoms with E-state index in [1.54, 1.807) is 18.2 Å². The number of ether oxygens (including phenoxy) is 1. The predicted octanol–water partition coefficient (Wildman–Crippen LogP) is 4.85. The molecule has 1 amide bonds. The van der Waals surface area contributed by atoms with Gasteiger partial charge in [0, 0.05) is 35.6 Å². The van der Waals surface area contributed by atoms with Crippen LogP contribution < -0.4 is 20.9 Å². The number of hydrogen-bond donors (Lipinski definition) is 2. The molecule has 0 atom stereocenters. The summed E-state index contributed by atoms with van der Waals surface area (Å²) in [6, 6.07) is 17.9. The van der Waals surface area contributed by atoms with Gasteiger partial charge in [-0.2, -0.15) is 0 Å². The summed E-state index contributed by atoms with van der Waals surface area (Å²) in [5.74, 6) is -2.11. The average molecular weight is 463 g/mol. The molecule has 0 spiro atoms. The molecule has 34 heavy (non-hydrogen) atoms. The van der Waals surface area contributed by atoms with Gasteiger partial charge in [-0.05, 0) is 54.8 Å². The number of methoxy groups -OCH3 is 1. The van der Waals surface area contributed by atoms with Crippen molar-refractivity contribution in [1.29, 1.82) is 0 Å². The summed E-state index contributed by atoms with van der Waals surface area (Å²) in [7, 11) is 1.51. The first-order valence-electron chi connectivity index (χ1n) is 10.6. The first-order chi connectivity index (χ1) is 16.3. The van der Waals surface area contributed by atoms with Gasteiger partial charge in [0.1, 0.15) is 12.3 Å². The largest absolute Gasteiger partial charge is 0.497 e. The molecule has 0 saturated heterocycles. The lowest BCUT2D eigenvalue weighted by atomic mass is 10.1. The van der Waals surface area contributed by atoms with Crippen LogP contribution in [-0.4, -0.2) is 17.6 Å². The monoisotopic (exact) mass is 463 g/mol. The highest BCUT2D eigenvalue weighted by Gasteiger charge is 2.14. The SMILES string of the molecule is COc1ccc2cc(CNc3ccc(C)cc3)c(=O)n(CC(=O)Nc3ccc(F)c(F)c3)c2c1. The molecule has 1 aromatic heterocycles. The normalized spacial score (nSPS) is 10.8. The standard InChI is InChI=1S/C26H23F2N3O3/c1-16-3-6-19(7-4-16)29-14-18-11-17-5-9-21(34-2)13-24(17)31(26(18)33)15-25(32)30-20-8-10-22(27)23(28)12-20/h3-13,29H,14-15H2,1-2H3,(H,30,32). The van der Waals surface area contributed by atoms with Crippen LogP contribution in [-0.2, 0) is 17.9 Å². The summed E-state index contributed by atoms with van der Waals surface area (Å²) in [6.07, 6.45) is 0. The quantitative estimate of drug-likeness (QED) is 0.411. The van der Waals surface area contributed by atoms with Crippen molar-refractivity contribution in [3.63, 3.8) is 0 Å². The zero-order valence-corrected chi connectivity index (χ0v) is 18.7. The van der Waals surface area contributed by atoms with Gasteiger partial charge in [0.05, 0.1) is 12.6 Å². The number of nitrogens with one attached hydrogen (secondary N) is 2. The fraction of sp³-hybridized carbons (Fsp3) is 0.154. The summed E-state index contributed by atoms with van der Waals surface area (Å²) in [5.41, 5.74) is 2.72. The van der Waals surface area contributed by atoms with E-state index in [1.807, 2.05) is 37.3 Å². The Bertz CT molecular complexity index is 1420. The minimum Gasteiger partial charge on any atom is -0.497 e. The Morgan fingerprint density at radius 3 is 2.38 bits per heavy atom. The van der Waals surface area contributed by atoms with Crippen molar-refractivity contribution in [1.82, 2.24) is 4.57 Å². The predicted molar refractivity (Wildman–Crippen MR) is 128 cm³/mol. The van der Waals surface area contributed by atoms with E-state index in [-0.39, 0.29) is 24.3 Å². The van der Waals surface area contributed by atoms with Crippen LogP contribution in [0.5, 0.6) is 5.75 Å². The fourth-order valence-corrected chi connectivity index (χ4v) is 3.61. The smallest absolute Gasteiger partial charge is 0.256 e. The Labute approximate surface area is 194 Å². The highest BCUT2D eigenvalue weighted by molar-refractivity contribution is 5.92. The highest BCUT2D eigenvalue weighted by atomic mass is 19.2. The molecule has 0 radical (unpaired) electrons. The number of nitrogens with zero attached hydrogens (tertiary/aromatic N) is 1. The van der Waals surface area contributed by atoms with Crippen molar-refractivity contribution in [2.75, 3.05) is 17.7 Å². The van der Waals surface area contributed by atoms with Gasteiger partial charge >= 0.3 is 0 Å². The summed E-state index contributed by atoms with van der Waals surface area (Å²) in [5, 5.41) is 6.49. The Hall–Kier alpha value is -4.20. The molecular formula is C26H23F2N3O3. The molecule has 0 fully saturated rings. The van der Waals surface area contributed by atoms with Gasteiger partial charge in [0.25, 0.3) is 5.56 Å². The minimum atomic E-state index is -1.07. The first-order valence-corrected chi connectivity index (χ1v) is 10.6. The van der Waals surface area contributed by atoms with Crippen molar-refractivity contribution >= 4 is 28.2 Å². The molecule has 0 aliphatic heterocycles. The Balaban J connectivity index is 1.66. The number of pyridine rings is 1. The third-order valence-corrected chi connectivity index (χ3v) is 5.42. The zero-order chi connectivity index (χ0) is 24.2. The molecule has 0 aliphatic rings. The molecule has 0 aliphatic carbocycles. The molecule has 3 aromatic carbocycles. The van der Waals surface area contributed by atoms with Crippen LogP contribution in [0.3, 0.4) is 0 Å². The Kier molecular flexibility index (Phi) is 6.58. The zero-order valence-electron chi connectivity index (χ0n) is 18.7. The average Bonchev–Trinajstić information content (AvgIpc) is 2.83. The van der Waals surface area contributed by atoms with Crippen molar-refractivity contribution in [3.05, 3.63) is 99.8 Å². The summed E-state index contributed by atoms with van der Waals surface area (Å²) in [6.45, 7) is 1.93. The molecule has 0 unspecified atom stereocenters. The summed E-state index contributed by atoms with van der Waals surface area (Å²) < 4.78 is 33.3. The molecule has 0 bridgehead atoms. The van der Waals surface area contributed by atoms with Crippen LogP contribution in [0.15, 0.2) is 71.5 Å². The second kappa shape index (κ2) is 9.74. The lowest BCUT2D eigenvalue weighted by Crippen LogP contribution is -2.30. The molecule has 6 nitrogen and oxygen atoms in total. The molecule has 0 saturated carbocycles. The third kappa shape index (κ3) is 5.06. The fourth-order valence-electron chi connectivity index (χ4n) is 3.61. The van der Waals surface area contributed by atoms with Gasteiger partial charge in [-0.15, -0.1) is 0 Å². The van der Waals surface area contributed by atoms with Crippen LogP contribution in [0.4, 0.5) is 20.2 Å². The highest BCUT2D eigenvalue weighted by Crippen LogP contribution is 2.21. The van der Waals surface area contributed by atoms with Crippen molar-refractivity contribution < 1.29 is 18.3 Å². The van der Waals surface area contributed by atoms with Crippen molar-refractivity contribution in [3.8, 4) is 5.75 Å². The number of carbonyl (C=O) groups is 1. The number of amides is 1. The summed E-state index contributed by atoms with van der Waals surface area (Å²) >= 11 is 0. The molecule has 2 N–H and O–H groups in total. The van der Waals surface area contributed by atoms with Crippen LogP contribution in [0.25, 0.3) is 10.9 Å². The van der Waals surface area contributed by atoms with E-state index in [0.29, 0.717) is 16.8 Å². The van der Waals surface area contributed by atoms with Gasteiger partial charge < -0.3 is 15.4 Å². The Morgan fingerprint density at radius 2 is 1.68 bits per heavy atom. The number of carbonyl (C=O) groups excluding carboxylic acids is 1. The molecule has 174 valence electrons. The number of benzene rings is 3. The lowest BCUT2D eigenvalue weighted by molar-refractivity contribution is -0.116. The van der Waals surface area contributed by atoms with Gasteiger partial charge in [0.2, 0.25) is 5.91 Å². The lowest BCUT2D eigenvalue weighted by Gasteiger charge is -2.15. The van der Waals surface area contributed by atoms with Gasteiger partial charge in [-0.3, -0.25) is 14.2 Å². The van der Waals surface area contributed by atoms with Crippen molar-refractivity contribution in [2.24, 2.45) is 0 Å². The van der Waals surface area contributed by atoms with Gasteiger partial charge in [0.15, 0.2) is 11.6 Å². The van der Waals surface area contributed by atoms with Crippen LogP contribution in [0, 0.1) is 18.6 Å². The number of halogens is 2. The van der Waals surface area contributed by atoms with E-state index in [0.717, 1.165) is 28.8 Å². The molecule has 4 rings (SSSR count). The topological polar surface area (TPSA) is 72.4 Å². The van der Waals surface area contributed by atoms with E-state index >= 15 is 0 Å². The number of aromatic nitrogens is 1. The minimum absolute atomic E-state index is 0.0935. The first kappa shape index (κ1) is 23.0. The van der Waals surface area contributed by atoms with E-state index < -0.39 is 17.5 Å². The number of anilines is 2. The second-order valence-electron chi connectivity index (χ2n) is 7.88. The van der Waals surface area contributed by atoms with E-state index in [2.05, 4.69) is 10.6 Å². The van der Waals surface area contributed by atoms with E-state index in [4.69, 9.17) is 4.74 Å². The second-order valence-corrected chi connectivity index (χ2v) is 7.88. The maximum atomic E-state index is 13.5. The summed E-state index contributed by atoms with van der Waals surface area (Å²) in [4.78, 5) is 26.1. The number of aryl methyl sites for hydroxylation is 1. The Morgan fingerprint density at radius 1 is 0.941 bits per heavy atom. The number of hydrogen-bond acceptors (Lipinski definition) is 4. The van der Waals surface area contributed by atoms with E-state index in [9.17, 15) is 18.4 Å². The van der Waals surface area contributed by atoms with Crippen LogP contribution in [0.2, 0.25) is 0 Å². The maximum Gasteiger partial charge on any atom is 0.256 e. The third-order valence-electron chi connectivity index (χ3n) is 5.42. The van der Waals surface area contributed by atoms with Gasteiger partial charge in [-0.25, -0.2) is 8.78 Å². The maximum absolute atomic E-state index is 13.5. The van der Waals surface area contributed by atoms with Crippen LogP contribution in [0.1, 0.15) is 11.1 Å². The molecular weight excluding hydrogens is 440 g/mol. The van der Waals surface area contributed by atoms with Crippen LogP contribution >= 0.6 is 0 Å². The number of rotatable bonds is 7. The molecule has 1 heterocycles. The van der Waals surface area contributed by atoms with Crippen molar-refractivity contribution in [2.45, 2.75) is 20.0 Å². The van der Waals surface area contributed by atoms with Gasteiger partial charge in [-0.1, -0.05) is 17.7 Å².